The van der Waals surface area contributed by atoms with E-state index in [4.69, 9.17) is 0 Å². The Labute approximate surface area is 79.8 Å². The summed E-state index contributed by atoms with van der Waals surface area (Å²) in [5, 5.41) is 9.19. The van der Waals surface area contributed by atoms with Gasteiger partial charge in [0.25, 0.3) is 0 Å². The summed E-state index contributed by atoms with van der Waals surface area (Å²) < 4.78 is 57.3. The lowest BCUT2D eigenvalue weighted by atomic mass is 10.1. The zero-order valence-corrected chi connectivity index (χ0v) is 8.11. The second-order valence-corrected chi connectivity index (χ2v) is 5.51. The van der Waals surface area contributed by atoms with Gasteiger partial charge in [0, 0.05) is 0 Å². The monoisotopic (exact) mass is 232 g/mol. The highest BCUT2D eigenvalue weighted by atomic mass is 32.2. The maximum Gasteiger partial charge on any atom is 0.497 e. The van der Waals surface area contributed by atoms with Crippen LogP contribution in [0.1, 0.15) is 19.3 Å². The molecule has 0 aliphatic heterocycles. The van der Waals surface area contributed by atoms with Gasteiger partial charge >= 0.3 is 5.51 Å². The van der Waals surface area contributed by atoms with Crippen LogP contribution in [0.3, 0.4) is 0 Å². The molecule has 0 heterocycles. The van der Waals surface area contributed by atoms with E-state index in [9.17, 15) is 26.7 Å². The molecule has 0 amide bonds. The molecule has 2 atom stereocenters. The van der Waals surface area contributed by atoms with Gasteiger partial charge in [-0.1, -0.05) is 6.42 Å². The molecule has 3 nitrogen and oxygen atoms in total. The van der Waals surface area contributed by atoms with Crippen LogP contribution in [0.5, 0.6) is 0 Å². The van der Waals surface area contributed by atoms with Crippen molar-refractivity contribution < 1.29 is 26.7 Å². The Morgan fingerprint density at radius 1 is 1.29 bits per heavy atom. The zero-order valence-electron chi connectivity index (χ0n) is 7.29. The van der Waals surface area contributed by atoms with Crippen LogP contribution < -0.4 is 0 Å². The first-order valence-electron chi connectivity index (χ1n) is 4.21. The third kappa shape index (κ3) is 2.38. The largest absolute Gasteiger partial charge is 0.497 e. The number of aliphatic hydroxyl groups excluding tert-OH is 1. The number of hydrogen-bond donors (Lipinski definition) is 1. The van der Waals surface area contributed by atoms with Crippen LogP contribution >= 0.6 is 0 Å². The average molecular weight is 232 g/mol. The summed E-state index contributed by atoms with van der Waals surface area (Å²) in [5.74, 6) is -1.75. The number of halogens is 3. The highest BCUT2D eigenvalue weighted by molar-refractivity contribution is 7.92. The van der Waals surface area contributed by atoms with Crippen LogP contribution in [0.25, 0.3) is 0 Å². The smallest absolute Gasteiger partial charge is 0.393 e. The summed E-state index contributed by atoms with van der Waals surface area (Å²) in [4.78, 5) is 0. The fourth-order valence-electron chi connectivity index (χ4n) is 1.59. The molecule has 2 unspecified atom stereocenters. The van der Waals surface area contributed by atoms with Crippen molar-refractivity contribution in [3.63, 3.8) is 0 Å². The van der Waals surface area contributed by atoms with Gasteiger partial charge in [-0.25, -0.2) is 8.42 Å². The summed E-state index contributed by atoms with van der Waals surface area (Å²) in [5.41, 5.74) is -5.20. The van der Waals surface area contributed by atoms with E-state index in [0.717, 1.165) is 0 Å². The molecule has 84 valence electrons. The SMILES string of the molecule is O=S(=O)(CC1CCCC1O)C(F)(F)F. The first kappa shape index (κ1) is 11.8. The van der Waals surface area contributed by atoms with Crippen molar-refractivity contribution in [3.8, 4) is 0 Å². The van der Waals surface area contributed by atoms with Crippen molar-refractivity contribution >= 4 is 9.84 Å². The lowest BCUT2D eigenvalue weighted by Gasteiger charge is -2.15. The summed E-state index contributed by atoms with van der Waals surface area (Å²) in [6, 6.07) is 0. The molecule has 14 heavy (non-hydrogen) atoms. The molecule has 0 aromatic rings. The summed E-state index contributed by atoms with van der Waals surface area (Å²) >= 11 is 0. The number of alkyl halides is 3. The van der Waals surface area contributed by atoms with Crippen molar-refractivity contribution in [1.82, 2.24) is 0 Å². The molecule has 0 aromatic heterocycles. The molecular weight excluding hydrogens is 221 g/mol. The minimum atomic E-state index is -5.20. The first-order chi connectivity index (χ1) is 6.24. The van der Waals surface area contributed by atoms with Crippen molar-refractivity contribution in [2.24, 2.45) is 5.92 Å². The Balaban J connectivity index is 2.69. The van der Waals surface area contributed by atoms with Crippen molar-refractivity contribution in [2.45, 2.75) is 30.9 Å². The van der Waals surface area contributed by atoms with Crippen LogP contribution in [-0.2, 0) is 9.84 Å². The van der Waals surface area contributed by atoms with Crippen LogP contribution in [0.2, 0.25) is 0 Å². The van der Waals surface area contributed by atoms with Crippen LogP contribution in [-0.4, -0.2) is 30.9 Å². The topological polar surface area (TPSA) is 54.4 Å². The third-order valence-electron chi connectivity index (χ3n) is 2.41. The van der Waals surface area contributed by atoms with Crippen molar-refractivity contribution in [1.29, 1.82) is 0 Å². The number of sulfone groups is 1. The van der Waals surface area contributed by atoms with E-state index in [0.29, 0.717) is 19.3 Å². The Kier molecular flexibility index (Phi) is 3.10. The highest BCUT2D eigenvalue weighted by Crippen LogP contribution is 2.32. The van der Waals surface area contributed by atoms with Crippen molar-refractivity contribution in [2.75, 3.05) is 5.75 Å². The van der Waals surface area contributed by atoms with Gasteiger partial charge in [0.05, 0.1) is 11.9 Å². The van der Waals surface area contributed by atoms with E-state index in [1.807, 2.05) is 0 Å². The summed E-state index contributed by atoms with van der Waals surface area (Å²) in [6.07, 6.45) is 0.403. The minimum Gasteiger partial charge on any atom is -0.393 e. The van der Waals surface area contributed by atoms with Gasteiger partial charge in [0.1, 0.15) is 0 Å². The van der Waals surface area contributed by atoms with Crippen LogP contribution in [0.15, 0.2) is 0 Å². The average Bonchev–Trinajstić information content (AvgIpc) is 2.33. The van der Waals surface area contributed by atoms with E-state index in [-0.39, 0.29) is 0 Å². The molecule has 0 saturated heterocycles. The van der Waals surface area contributed by atoms with Crippen molar-refractivity contribution in [3.05, 3.63) is 0 Å². The molecule has 7 heteroatoms. The minimum absolute atomic E-state index is 0.344. The Morgan fingerprint density at radius 2 is 1.86 bits per heavy atom. The van der Waals surface area contributed by atoms with E-state index < -0.39 is 33.1 Å². The molecule has 1 aliphatic rings. The standard InChI is InChI=1S/C7H11F3O3S/c8-7(9,10)14(12,13)4-5-2-1-3-6(5)11/h5-6,11H,1-4H2. The number of aliphatic hydroxyl groups is 1. The predicted octanol–water partition coefficient (Wildman–Crippen LogP) is 1.08. The lowest BCUT2D eigenvalue weighted by molar-refractivity contribution is -0.0441. The third-order valence-corrected chi connectivity index (χ3v) is 3.98. The number of hydrogen-bond acceptors (Lipinski definition) is 3. The van der Waals surface area contributed by atoms with Gasteiger partial charge in [-0.05, 0) is 18.8 Å². The van der Waals surface area contributed by atoms with Gasteiger partial charge < -0.3 is 5.11 Å². The van der Waals surface area contributed by atoms with Crippen LogP contribution in [0.4, 0.5) is 13.2 Å². The second kappa shape index (κ2) is 3.69. The van der Waals surface area contributed by atoms with Gasteiger partial charge in [-0.3, -0.25) is 0 Å². The molecule has 1 N–H and O–H groups in total. The van der Waals surface area contributed by atoms with E-state index in [1.54, 1.807) is 0 Å². The molecule has 1 fully saturated rings. The normalized spacial score (nSPS) is 29.4. The number of rotatable bonds is 2. The molecule has 0 aromatic carbocycles. The predicted molar refractivity (Wildman–Crippen MR) is 43.2 cm³/mol. The summed E-state index contributed by atoms with van der Waals surface area (Å²) in [6.45, 7) is 0. The molecule has 1 aliphatic carbocycles. The maximum atomic E-state index is 11.9. The Bertz CT molecular complexity index is 296. The quantitative estimate of drug-likeness (QED) is 0.775. The van der Waals surface area contributed by atoms with Crippen LogP contribution in [0, 0.1) is 5.92 Å². The fourth-order valence-corrected chi connectivity index (χ4v) is 2.73. The van der Waals surface area contributed by atoms with E-state index in [2.05, 4.69) is 0 Å². The Morgan fingerprint density at radius 3 is 2.21 bits per heavy atom. The lowest BCUT2D eigenvalue weighted by Crippen LogP contribution is -2.32. The maximum absolute atomic E-state index is 11.9. The molecule has 0 spiro atoms. The molecule has 0 bridgehead atoms. The highest BCUT2D eigenvalue weighted by Gasteiger charge is 2.47. The fraction of sp³-hybridized carbons (Fsp3) is 1.00. The van der Waals surface area contributed by atoms with E-state index in [1.165, 1.54) is 0 Å². The van der Waals surface area contributed by atoms with Gasteiger partial charge in [0.2, 0.25) is 9.84 Å². The zero-order chi connectivity index (χ0) is 11.0. The van der Waals surface area contributed by atoms with Gasteiger partial charge in [-0.15, -0.1) is 0 Å². The first-order valence-corrected chi connectivity index (χ1v) is 5.86. The summed E-state index contributed by atoms with van der Waals surface area (Å²) in [7, 11) is -5.07. The molecule has 1 saturated carbocycles. The molecular formula is C7H11F3O3S. The van der Waals surface area contributed by atoms with E-state index >= 15 is 0 Å². The Hall–Kier alpha value is -0.300. The van der Waals surface area contributed by atoms with Gasteiger partial charge in [-0.2, -0.15) is 13.2 Å². The molecule has 0 radical (unpaired) electrons. The van der Waals surface area contributed by atoms with Gasteiger partial charge in [0.15, 0.2) is 0 Å². The molecule has 1 rings (SSSR count). The second-order valence-electron chi connectivity index (χ2n) is 3.49.